The fourth-order valence-corrected chi connectivity index (χ4v) is 1.61. The third kappa shape index (κ3) is 5.49. The van der Waals surface area contributed by atoms with Crippen molar-refractivity contribution in [3.05, 3.63) is 33.4 Å². The number of benzene rings is 1. The molecular formula is C12H18INO. The molecule has 1 unspecified atom stereocenters. The van der Waals surface area contributed by atoms with Crippen LogP contribution in [0.15, 0.2) is 24.3 Å². The van der Waals surface area contributed by atoms with E-state index in [2.05, 4.69) is 59.1 Å². The summed E-state index contributed by atoms with van der Waals surface area (Å²) in [7, 11) is 0. The summed E-state index contributed by atoms with van der Waals surface area (Å²) in [5.41, 5.74) is 1.32. The molecule has 0 saturated carbocycles. The van der Waals surface area contributed by atoms with Gasteiger partial charge in [-0.3, -0.25) is 0 Å². The molecule has 1 rings (SSSR count). The molecule has 1 aromatic rings. The zero-order chi connectivity index (χ0) is 11.1. The lowest BCUT2D eigenvalue weighted by atomic mass is 10.2. The fourth-order valence-electron chi connectivity index (χ4n) is 1.25. The average molecular weight is 319 g/mol. The number of hydrogen-bond acceptors (Lipinski definition) is 2. The Morgan fingerprint density at radius 2 is 2.00 bits per heavy atom. The number of nitrogens with one attached hydrogen (secondary N) is 1. The van der Waals surface area contributed by atoms with E-state index in [9.17, 15) is 0 Å². The summed E-state index contributed by atoms with van der Waals surface area (Å²) < 4.78 is 6.62. The summed E-state index contributed by atoms with van der Waals surface area (Å²) >= 11 is 2.32. The number of rotatable bonds is 6. The summed E-state index contributed by atoms with van der Waals surface area (Å²) in [6.45, 7) is 6.63. The Balaban J connectivity index is 2.27. The number of ether oxygens (including phenoxy) is 1. The van der Waals surface area contributed by atoms with Crippen LogP contribution in [0.25, 0.3) is 0 Å². The molecule has 0 spiro atoms. The van der Waals surface area contributed by atoms with Gasteiger partial charge in [0.05, 0.1) is 6.61 Å². The van der Waals surface area contributed by atoms with Gasteiger partial charge in [0.2, 0.25) is 0 Å². The van der Waals surface area contributed by atoms with Crippen LogP contribution in [-0.4, -0.2) is 19.3 Å². The molecule has 2 nitrogen and oxygen atoms in total. The quantitative estimate of drug-likeness (QED) is 0.814. The van der Waals surface area contributed by atoms with Crippen molar-refractivity contribution in [2.24, 2.45) is 0 Å². The van der Waals surface area contributed by atoms with Crippen LogP contribution in [0.3, 0.4) is 0 Å². The van der Waals surface area contributed by atoms with Crippen LogP contribution < -0.4 is 5.32 Å². The van der Waals surface area contributed by atoms with Gasteiger partial charge in [-0.25, -0.2) is 0 Å². The van der Waals surface area contributed by atoms with Crippen LogP contribution in [0.2, 0.25) is 0 Å². The molecule has 0 bridgehead atoms. The predicted octanol–water partition coefficient (Wildman–Crippen LogP) is 2.81. The fraction of sp³-hybridized carbons (Fsp3) is 0.500. The van der Waals surface area contributed by atoms with E-state index in [-0.39, 0.29) is 0 Å². The molecule has 3 heteroatoms. The SMILES string of the molecule is CCOCC(C)NCc1ccc(I)cc1. The summed E-state index contributed by atoms with van der Waals surface area (Å²) in [5, 5.41) is 3.43. The average Bonchev–Trinajstić information content (AvgIpc) is 2.25. The molecule has 0 aliphatic carbocycles. The van der Waals surface area contributed by atoms with Crippen molar-refractivity contribution in [2.45, 2.75) is 26.4 Å². The van der Waals surface area contributed by atoms with Gasteiger partial charge in [0.1, 0.15) is 0 Å². The molecule has 1 N–H and O–H groups in total. The van der Waals surface area contributed by atoms with Crippen LogP contribution in [0.4, 0.5) is 0 Å². The van der Waals surface area contributed by atoms with Gasteiger partial charge in [-0.15, -0.1) is 0 Å². The summed E-state index contributed by atoms with van der Waals surface area (Å²) in [4.78, 5) is 0. The second-order valence-corrected chi connectivity index (χ2v) is 4.81. The second-order valence-electron chi connectivity index (χ2n) is 3.57. The smallest absolute Gasteiger partial charge is 0.0616 e. The van der Waals surface area contributed by atoms with Crippen LogP contribution in [0.5, 0.6) is 0 Å². The van der Waals surface area contributed by atoms with Gasteiger partial charge < -0.3 is 10.1 Å². The highest BCUT2D eigenvalue weighted by Gasteiger charge is 2.00. The molecule has 0 aromatic heterocycles. The zero-order valence-electron chi connectivity index (χ0n) is 9.29. The monoisotopic (exact) mass is 319 g/mol. The molecule has 0 saturated heterocycles. The van der Waals surface area contributed by atoms with Crippen molar-refractivity contribution in [3.8, 4) is 0 Å². The highest BCUT2D eigenvalue weighted by Crippen LogP contribution is 2.06. The maximum absolute atomic E-state index is 5.34. The largest absolute Gasteiger partial charge is 0.380 e. The predicted molar refractivity (Wildman–Crippen MR) is 72.0 cm³/mol. The van der Waals surface area contributed by atoms with E-state index in [1.165, 1.54) is 9.13 Å². The first-order valence-electron chi connectivity index (χ1n) is 5.28. The molecular weight excluding hydrogens is 301 g/mol. The molecule has 84 valence electrons. The molecule has 0 aliphatic rings. The minimum atomic E-state index is 0.407. The van der Waals surface area contributed by atoms with Gasteiger partial charge in [0.25, 0.3) is 0 Å². The topological polar surface area (TPSA) is 21.3 Å². The van der Waals surface area contributed by atoms with Crippen LogP contribution in [0, 0.1) is 3.57 Å². The molecule has 0 heterocycles. The number of halogens is 1. The van der Waals surface area contributed by atoms with Crippen molar-refractivity contribution >= 4 is 22.6 Å². The Bertz CT molecular complexity index is 273. The van der Waals surface area contributed by atoms with Gasteiger partial charge in [0.15, 0.2) is 0 Å². The highest BCUT2D eigenvalue weighted by molar-refractivity contribution is 14.1. The van der Waals surface area contributed by atoms with E-state index in [4.69, 9.17) is 4.74 Å². The highest BCUT2D eigenvalue weighted by atomic mass is 127. The molecule has 0 fully saturated rings. The Hall–Kier alpha value is -0.130. The van der Waals surface area contributed by atoms with Gasteiger partial charge in [-0.2, -0.15) is 0 Å². The maximum Gasteiger partial charge on any atom is 0.0616 e. The van der Waals surface area contributed by atoms with Crippen molar-refractivity contribution in [3.63, 3.8) is 0 Å². The van der Waals surface area contributed by atoms with E-state index in [1.807, 2.05) is 6.92 Å². The molecule has 1 aromatic carbocycles. The van der Waals surface area contributed by atoms with Crippen LogP contribution in [0.1, 0.15) is 19.4 Å². The van der Waals surface area contributed by atoms with E-state index in [0.29, 0.717) is 6.04 Å². The maximum atomic E-state index is 5.34. The van der Waals surface area contributed by atoms with Crippen LogP contribution >= 0.6 is 22.6 Å². The summed E-state index contributed by atoms with van der Waals surface area (Å²) in [5.74, 6) is 0. The molecule has 15 heavy (non-hydrogen) atoms. The van der Waals surface area contributed by atoms with Crippen LogP contribution in [-0.2, 0) is 11.3 Å². The lowest BCUT2D eigenvalue weighted by Crippen LogP contribution is -2.30. The molecule has 0 radical (unpaired) electrons. The Morgan fingerprint density at radius 1 is 1.33 bits per heavy atom. The first-order chi connectivity index (χ1) is 7.22. The third-order valence-corrected chi connectivity index (χ3v) is 2.86. The summed E-state index contributed by atoms with van der Waals surface area (Å²) in [6.07, 6.45) is 0. The van der Waals surface area contributed by atoms with E-state index in [0.717, 1.165) is 19.8 Å². The second kappa shape index (κ2) is 7.19. The lowest BCUT2D eigenvalue weighted by Gasteiger charge is -2.13. The Morgan fingerprint density at radius 3 is 2.60 bits per heavy atom. The molecule has 1 atom stereocenters. The van der Waals surface area contributed by atoms with Crippen molar-refractivity contribution in [1.29, 1.82) is 0 Å². The normalized spacial score (nSPS) is 12.7. The zero-order valence-corrected chi connectivity index (χ0v) is 11.5. The third-order valence-electron chi connectivity index (χ3n) is 2.14. The molecule has 0 amide bonds. The van der Waals surface area contributed by atoms with Crippen molar-refractivity contribution < 1.29 is 4.74 Å². The van der Waals surface area contributed by atoms with E-state index in [1.54, 1.807) is 0 Å². The van der Waals surface area contributed by atoms with Gasteiger partial charge in [-0.05, 0) is 54.1 Å². The van der Waals surface area contributed by atoms with Gasteiger partial charge >= 0.3 is 0 Å². The Kier molecular flexibility index (Phi) is 6.20. The number of hydrogen-bond donors (Lipinski definition) is 1. The molecule has 0 aliphatic heterocycles. The first kappa shape index (κ1) is 12.9. The minimum absolute atomic E-state index is 0.407. The van der Waals surface area contributed by atoms with E-state index >= 15 is 0 Å². The summed E-state index contributed by atoms with van der Waals surface area (Å²) in [6, 6.07) is 8.98. The van der Waals surface area contributed by atoms with Gasteiger partial charge in [-0.1, -0.05) is 12.1 Å². The first-order valence-corrected chi connectivity index (χ1v) is 6.35. The standard InChI is InChI=1S/C12H18INO/c1-3-15-9-10(2)14-8-11-4-6-12(13)7-5-11/h4-7,10,14H,3,8-9H2,1-2H3. The Labute approximate surface area is 106 Å². The van der Waals surface area contributed by atoms with Crippen molar-refractivity contribution in [2.75, 3.05) is 13.2 Å². The van der Waals surface area contributed by atoms with E-state index < -0.39 is 0 Å². The lowest BCUT2D eigenvalue weighted by molar-refractivity contribution is 0.127. The van der Waals surface area contributed by atoms with Crippen molar-refractivity contribution in [1.82, 2.24) is 5.32 Å². The minimum Gasteiger partial charge on any atom is -0.380 e. The van der Waals surface area contributed by atoms with Gasteiger partial charge in [0, 0.05) is 22.8 Å².